The van der Waals surface area contributed by atoms with E-state index < -0.39 is 0 Å². The van der Waals surface area contributed by atoms with Crippen molar-refractivity contribution in [1.29, 1.82) is 0 Å². The van der Waals surface area contributed by atoms with Crippen molar-refractivity contribution in [3.05, 3.63) is 68.7 Å². The Morgan fingerprint density at radius 3 is 2.79 bits per heavy atom. The van der Waals surface area contributed by atoms with Crippen LogP contribution >= 0.6 is 11.6 Å². The van der Waals surface area contributed by atoms with Crippen molar-refractivity contribution < 1.29 is 9.53 Å². The molecule has 1 heterocycles. The number of ether oxygens (including phenoxy) is 1. The molecule has 0 aliphatic heterocycles. The molecule has 0 unspecified atom stereocenters. The summed E-state index contributed by atoms with van der Waals surface area (Å²) in [6.45, 7) is 7.01. The second-order valence-corrected chi connectivity index (χ2v) is 7.53. The Labute approximate surface area is 174 Å². The molecule has 0 bridgehead atoms. The molecule has 0 aliphatic carbocycles. The van der Waals surface area contributed by atoms with Gasteiger partial charge in [-0.25, -0.2) is 4.98 Å². The lowest BCUT2D eigenvalue weighted by Crippen LogP contribution is -2.33. The predicted octanol–water partition coefficient (Wildman–Crippen LogP) is 3.56. The van der Waals surface area contributed by atoms with Gasteiger partial charge in [0.15, 0.2) is 0 Å². The highest BCUT2D eigenvalue weighted by Gasteiger charge is 2.09. The number of aromatic nitrogens is 2. The first-order valence-corrected chi connectivity index (χ1v) is 9.85. The molecule has 1 amide bonds. The minimum absolute atomic E-state index is 0.0919. The molecule has 0 aliphatic rings. The van der Waals surface area contributed by atoms with Crippen LogP contribution in [-0.2, 0) is 11.3 Å². The van der Waals surface area contributed by atoms with Crippen LogP contribution in [0.15, 0.2) is 41.5 Å². The maximum absolute atomic E-state index is 12.5. The van der Waals surface area contributed by atoms with Gasteiger partial charge in [-0.15, -0.1) is 0 Å². The number of hydrogen-bond acceptors (Lipinski definition) is 4. The molecule has 0 fully saturated rings. The zero-order valence-corrected chi connectivity index (χ0v) is 17.5. The van der Waals surface area contributed by atoms with Gasteiger partial charge in [-0.05, 0) is 68.1 Å². The fourth-order valence-corrected chi connectivity index (χ4v) is 3.26. The maximum atomic E-state index is 12.5. The molecule has 152 valence electrons. The van der Waals surface area contributed by atoms with Gasteiger partial charge in [0, 0.05) is 11.6 Å². The molecule has 29 heavy (non-hydrogen) atoms. The molecular formula is C22H24ClN3O3. The van der Waals surface area contributed by atoms with Crippen LogP contribution in [-0.4, -0.2) is 28.6 Å². The van der Waals surface area contributed by atoms with Crippen molar-refractivity contribution in [1.82, 2.24) is 14.9 Å². The van der Waals surface area contributed by atoms with Crippen molar-refractivity contribution in [2.75, 3.05) is 13.2 Å². The maximum Gasteiger partial charge on any atom is 0.261 e. The summed E-state index contributed by atoms with van der Waals surface area (Å²) in [6, 6.07) is 9.06. The van der Waals surface area contributed by atoms with Crippen molar-refractivity contribution in [3.8, 4) is 5.75 Å². The summed E-state index contributed by atoms with van der Waals surface area (Å²) < 4.78 is 7.13. The summed E-state index contributed by atoms with van der Waals surface area (Å²) in [6.07, 6.45) is 2.04. The van der Waals surface area contributed by atoms with E-state index in [1.165, 1.54) is 16.5 Å². The van der Waals surface area contributed by atoms with Crippen LogP contribution in [0, 0.1) is 20.8 Å². The van der Waals surface area contributed by atoms with E-state index in [-0.39, 0.29) is 18.0 Å². The Kier molecular flexibility index (Phi) is 6.54. The minimum atomic E-state index is -0.290. The number of aryl methyl sites for hydroxylation is 2. The number of rotatable bonds is 7. The van der Waals surface area contributed by atoms with E-state index in [9.17, 15) is 9.59 Å². The van der Waals surface area contributed by atoms with Gasteiger partial charge >= 0.3 is 0 Å². The van der Waals surface area contributed by atoms with E-state index in [1.54, 1.807) is 18.2 Å². The molecule has 0 saturated carbocycles. The van der Waals surface area contributed by atoms with E-state index in [0.717, 1.165) is 16.9 Å². The van der Waals surface area contributed by atoms with E-state index >= 15 is 0 Å². The van der Waals surface area contributed by atoms with E-state index in [2.05, 4.69) is 23.3 Å². The minimum Gasteiger partial charge on any atom is -0.493 e. The molecular weight excluding hydrogens is 390 g/mol. The third kappa shape index (κ3) is 5.15. The Hall–Kier alpha value is -2.86. The van der Waals surface area contributed by atoms with Crippen molar-refractivity contribution in [2.24, 2.45) is 0 Å². The van der Waals surface area contributed by atoms with Gasteiger partial charge in [-0.1, -0.05) is 17.7 Å². The van der Waals surface area contributed by atoms with Gasteiger partial charge < -0.3 is 10.1 Å². The van der Waals surface area contributed by atoms with Crippen LogP contribution in [0.2, 0.25) is 5.02 Å². The fourth-order valence-electron chi connectivity index (χ4n) is 3.09. The molecule has 6 nitrogen and oxygen atoms in total. The van der Waals surface area contributed by atoms with Gasteiger partial charge in [0.25, 0.3) is 5.56 Å². The van der Waals surface area contributed by atoms with E-state index in [4.69, 9.17) is 16.3 Å². The topological polar surface area (TPSA) is 73.2 Å². The van der Waals surface area contributed by atoms with Crippen molar-refractivity contribution in [3.63, 3.8) is 0 Å². The molecule has 0 saturated heterocycles. The lowest BCUT2D eigenvalue weighted by molar-refractivity contribution is -0.121. The number of carbonyl (C=O) groups excluding carboxylic acids is 1. The van der Waals surface area contributed by atoms with Crippen LogP contribution in [0.3, 0.4) is 0 Å². The number of nitrogens with one attached hydrogen (secondary N) is 1. The van der Waals surface area contributed by atoms with Gasteiger partial charge in [0.2, 0.25) is 5.91 Å². The van der Waals surface area contributed by atoms with Crippen LogP contribution in [0.1, 0.15) is 23.1 Å². The number of hydrogen-bond donors (Lipinski definition) is 1. The monoisotopic (exact) mass is 413 g/mol. The van der Waals surface area contributed by atoms with Crippen molar-refractivity contribution in [2.45, 2.75) is 33.7 Å². The number of nitrogens with zero attached hydrogens (tertiary/aromatic N) is 2. The Morgan fingerprint density at radius 1 is 1.21 bits per heavy atom. The van der Waals surface area contributed by atoms with Gasteiger partial charge in [-0.2, -0.15) is 0 Å². The molecule has 2 aromatic carbocycles. The SMILES string of the molecule is Cc1cc(C)c(C)c(OCCCNC(=O)Cn2cnc3ccc(Cl)cc3c2=O)c1. The average Bonchev–Trinajstić information content (AvgIpc) is 2.67. The molecule has 0 radical (unpaired) electrons. The summed E-state index contributed by atoms with van der Waals surface area (Å²) in [5, 5.41) is 3.66. The third-order valence-electron chi connectivity index (χ3n) is 4.76. The third-order valence-corrected chi connectivity index (χ3v) is 5.00. The second-order valence-electron chi connectivity index (χ2n) is 7.10. The van der Waals surface area contributed by atoms with Crippen LogP contribution in [0.25, 0.3) is 10.9 Å². The Balaban J connectivity index is 1.50. The molecule has 3 rings (SSSR count). The number of halogens is 1. The highest BCUT2D eigenvalue weighted by atomic mass is 35.5. The molecule has 3 aromatic rings. The zero-order valence-electron chi connectivity index (χ0n) is 16.8. The Bertz CT molecular complexity index is 1110. The summed E-state index contributed by atoms with van der Waals surface area (Å²) in [7, 11) is 0. The van der Waals surface area contributed by atoms with Gasteiger partial charge in [0.1, 0.15) is 12.3 Å². The number of benzene rings is 2. The van der Waals surface area contributed by atoms with Gasteiger partial charge in [-0.3, -0.25) is 14.2 Å². The smallest absolute Gasteiger partial charge is 0.261 e. The lowest BCUT2D eigenvalue weighted by Gasteiger charge is -2.13. The quantitative estimate of drug-likeness (QED) is 0.601. The second kappa shape index (κ2) is 9.09. The molecule has 0 atom stereocenters. The van der Waals surface area contributed by atoms with E-state index in [1.807, 2.05) is 19.9 Å². The molecule has 1 N–H and O–H groups in total. The fraction of sp³-hybridized carbons (Fsp3) is 0.318. The highest BCUT2D eigenvalue weighted by Crippen LogP contribution is 2.23. The highest BCUT2D eigenvalue weighted by molar-refractivity contribution is 6.31. The largest absolute Gasteiger partial charge is 0.493 e. The van der Waals surface area contributed by atoms with Crippen LogP contribution in [0.4, 0.5) is 0 Å². The summed E-state index contributed by atoms with van der Waals surface area (Å²) >= 11 is 5.95. The average molecular weight is 414 g/mol. The number of amides is 1. The van der Waals surface area contributed by atoms with Crippen LogP contribution in [0.5, 0.6) is 5.75 Å². The predicted molar refractivity (Wildman–Crippen MR) is 115 cm³/mol. The van der Waals surface area contributed by atoms with Crippen molar-refractivity contribution >= 4 is 28.4 Å². The number of carbonyl (C=O) groups is 1. The van der Waals surface area contributed by atoms with Crippen LogP contribution < -0.4 is 15.6 Å². The zero-order chi connectivity index (χ0) is 21.0. The molecule has 7 heteroatoms. The first-order chi connectivity index (χ1) is 13.8. The summed E-state index contributed by atoms with van der Waals surface area (Å²) in [5.41, 5.74) is 3.75. The molecule has 1 aromatic heterocycles. The summed E-state index contributed by atoms with van der Waals surface area (Å²) in [5.74, 6) is 0.624. The number of fused-ring (bicyclic) bond motifs is 1. The first-order valence-electron chi connectivity index (χ1n) is 9.47. The standard InChI is InChI=1S/C22H24ClN3O3/c1-14-9-15(2)16(3)20(10-14)29-8-4-7-24-21(27)12-26-13-25-19-6-5-17(23)11-18(19)22(26)28/h5-6,9-11,13H,4,7-8,12H2,1-3H3,(H,24,27). The molecule has 0 spiro atoms. The summed E-state index contributed by atoms with van der Waals surface area (Å²) in [4.78, 5) is 28.9. The lowest BCUT2D eigenvalue weighted by atomic mass is 10.1. The first kappa shape index (κ1) is 20.9. The normalized spacial score (nSPS) is 10.9. The Morgan fingerprint density at radius 2 is 2.00 bits per heavy atom. The van der Waals surface area contributed by atoms with Gasteiger partial charge in [0.05, 0.1) is 23.8 Å². The van der Waals surface area contributed by atoms with E-state index in [0.29, 0.717) is 35.5 Å².